The molecule has 0 radical (unpaired) electrons. The van der Waals surface area contributed by atoms with Gasteiger partial charge in [0.2, 0.25) is 11.8 Å². The van der Waals surface area contributed by atoms with E-state index in [1.807, 2.05) is 126 Å². The minimum atomic E-state index is -0.542. The van der Waals surface area contributed by atoms with Crippen LogP contribution in [0.1, 0.15) is 81.8 Å². The minimum absolute atomic E-state index is 0.0554. The van der Waals surface area contributed by atoms with Crippen molar-refractivity contribution in [1.82, 2.24) is 20.6 Å². The maximum Gasteiger partial charge on any atom is 0.223 e. The predicted octanol–water partition coefficient (Wildman–Crippen LogP) is 9.43. The predicted molar refractivity (Wildman–Crippen MR) is 206 cm³/mol. The molecule has 6 rings (SSSR count). The second-order valence-electron chi connectivity index (χ2n) is 11.9. The van der Waals surface area contributed by atoms with Gasteiger partial charge in [0.05, 0.1) is 12.1 Å². The number of fused-ring (bicyclic) bond motifs is 2. The van der Waals surface area contributed by atoms with Gasteiger partial charge in [-0.25, -0.2) is 0 Å². The van der Waals surface area contributed by atoms with Crippen LogP contribution in [0.15, 0.2) is 116 Å². The standard InChI is InChI=1S/C20H19ClN2O2.C20H20N2O2.C2H6/c1-2-6-17(24)23-19(14-8-3-4-9-16(14)21)15-11-10-13-7-5-12-22-18(13)20(15)25;1-13(2)20(24)22-17(14-7-4-3-5-8-14)16-11-10-15-9-6-12-21-18(15)19(16)23;1-2/h3-5,7-12,19,25H,2,6H2,1H3,(H,23,24);3-13,17,23H,1-2H3,(H,22,24);1-2H3. The number of phenols is 2. The van der Waals surface area contributed by atoms with E-state index in [-0.39, 0.29) is 29.2 Å². The Morgan fingerprint density at radius 1 is 0.667 bits per heavy atom. The first-order chi connectivity index (χ1) is 24.7. The van der Waals surface area contributed by atoms with Gasteiger partial charge in [0, 0.05) is 51.7 Å². The first-order valence-corrected chi connectivity index (χ1v) is 17.6. The molecule has 4 aromatic carbocycles. The lowest BCUT2D eigenvalue weighted by Gasteiger charge is -2.22. The molecular weight excluding hydrogens is 660 g/mol. The Morgan fingerprint density at radius 2 is 1.20 bits per heavy atom. The van der Waals surface area contributed by atoms with Crippen LogP contribution in [0.5, 0.6) is 11.5 Å². The number of phenolic OH excluding ortho intramolecular Hbond substituents is 2. The van der Waals surface area contributed by atoms with Crippen LogP contribution in [0.3, 0.4) is 0 Å². The molecule has 0 aliphatic heterocycles. The lowest BCUT2D eigenvalue weighted by Crippen LogP contribution is -2.32. The molecule has 2 heterocycles. The summed E-state index contributed by atoms with van der Waals surface area (Å²) >= 11 is 6.35. The van der Waals surface area contributed by atoms with Crippen LogP contribution < -0.4 is 10.6 Å². The number of amides is 2. The van der Waals surface area contributed by atoms with Crippen molar-refractivity contribution in [3.05, 3.63) is 143 Å². The highest BCUT2D eigenvalue weighted by Gasteiger charge is 2.24. The maximum absolute atomic E-state index is 12.3. The molecule has 0 saturated carbocycles. The summed E-state index contributed by atoms with van der Waals surface area (Å²) in [6, 6.07) is 30.8. The van der Waals surface area contributed by atoms with E-state index in [0.29, 0.717) is 33.6 Å². The average molecular weight is 705 g/mol. The van der Waals surface area contributed by atoms with Crippen molar-refractivity contribution in [2.45, 2.75) is 59.5 Å². The van der Waals surface area contributed by atoms with E-state index in [1.165, 1.54) is 0 Å². The number of aromatic hydroxyl groups is 2. The third-order valence-electron chi connectivity index (χ3n) is 8.12. The van der Waals surface area contributed by atoms with Gasteiger partial charge in [-0.3, -0.25) is 19.6 Å². The quantitative estimate of drug-likeness (QED) is 0.119. The van der Waals surface area contributed by atoms with Crippen molar-refractivity contribution >= 4 is 45.2 Å². The Morgan fingerprint density at radius 3 is 1.73 bits per heavy atom. The molecule has 6 aromatic rings. The summed E-state index contributed by atoms with van der Waals surface area (Å²) in [5, 5.41) is 29.7. The number of hydrogen-bond donors (Lipinski definition) is 4. The Bertz CT molecular complexity index is 2070. The number of halogens is 1. The normalized spacial score (nSPS) is 11.8. The van der Waals surface area contributed by atoms with Gasteiger partial charge in [-0.2, -0.15) is 0 Å². The average Bonchev–Trinajstić information content (AvgIpc) is 3.15. The molecule has 9 heteroatoms. The van der Waals surface area contributed by atoms with Crippen LogP contribution in [0, 0.1) is 5.92 Å². The minimum Gasteiger partial charge on any atom is -0.505 e. The van der Waals surface area contributed by atoms with Crippen molar-refractivity contribution in [3.63, 3.8) is 0 Å². The van der Waals surface area contributed by atoms with Crippen LogP contribution in [0.2, 0.25) is 5.02 Å². The number of rotatable bonds is 9. The van der Waals surface area contributed by atoms with Crippen LogP contribution in [0.4, 0.5) is 0 Å². The fourth-order valence-electron chi connectivity index (χ4n) is 5.54. The van der Waals surface area contributed by atoms with Gasteiger partial charge in [-0.15, -0.1) is 0 Å². The van der Waals surface area contributed by atoms with Gasteiger partial charge >= 0.3 is 0 Å². The number of aromatic nitrogens is 2. The van der Waals surface area contributed by atoms with Crippen molar-refractivity contribution in [3.8, 4) is 11.5 Å². The number of nitrogens with one attached hydrogen (secondary N) is 2. The number of benzene rings is 4. The number of carbonyl (C=O) groups excluding carboxylic acids is 2. The van der Waals surface area contributed by atoms with E-state index in [0.717, 1.165) is 28.3 Å². The second kappa shape index (κ2) is 18.5. The smallest absolute Gasteiger partial charge is 0.223 e. The number of nitrogens with zero attached hydrogens (tertiary/aromatic N) is 2. The van der Waals surface area contributed by atoms with Crippen LogP contribution in [-0.4, -0.2) is 32.0 Å². The molecule has 0 fully saturated rings. The van der Waals surface area contributed by atoms with Gasteiger partial charge in [0.25, 0.3) is 0 Å². The molecule has 4 N–H and O–H groups in total. The fraction of sp³-hybridized carbons (Fsp3) is 0.238. The third kappa shape index (κ3) is 9.41. The highest BCUT2D eigenvalue weighted by atomic mass is 35.5. The molecule has 2 amide bonds. The second-order valence-corrected chi connectivity index (χ2v) is 12.3. The molecule has 51 heavy (non-hydrogen) atoms. The van der Waals surface area contributed by atoms with Crippen LogP contribution in [-0.2, 0) is 9.59 Å². The van der Waals surface area contributed by atoms with Gasteiger partial charge < -0.3 is 20.8 Å². The molecule has 2 aromatic heterocycles. The van der Waals surface area contributed by atoms with E-state index in [9.17, 15) is 19.8 Å². The van der Waals surface area contributed by atoms with Crippen molar-refractivity contribution in [1.29, 1.82) is 0 Å². The first kappa shape index (κ1) is 38.3. The molecule has 2 unspecified atom stereocenters. The first-order valence-electron chi connectivity index (χ1n) is 17.2. The van der Waals surface area contributed by atoms with E-state index in [2.05, 4.69) is 20.6 Å². The zero-order valence-electron chi connectivity index (χ0n) is 29.6. The van der Waals surface area contributed by atoms with E-state index < -0.39 is 12.1 Å². The summed E-state index contributed by atoms with van der Waals surface area (Å²) in [5.74, 6) is -0.139. The summed E-state index contributed by atoms with van der Waals surface area (Å²) in [5.41, 5.74) is 3.90. The molecule has 0 bridgehead atoms. The van der Waals surface area contributed by atoms with Crippen molar-refractivity contribution in [2.75, 3.05) is 0 Å². The van der Waals surface area contributed by atoms with E-state index in [4.69, 9.17) is 11.6 Å². The molecule has 264 valence electrons. The Balaban J connectivity index is 0.000000218. The monoisotopic (exact) mass is 704 g/mol. The van der Waals surface area contributed by atoms with Gasteiger partial charge in [0.1, 0.15) is 22.5 Å². The lowest BCUT2D eigenvalue weighted by molar-refractivity contribution is -0.124. The largest absolute Gasteiger partial charge is 0.505 e. The molecule has 0 spiro atoms. The molecule has 0 aliphatic rings. The zero-order chi connectivity index (χ0) is 36.9. The SMILES string of the molecule is CC.CC(C)C(=O)NC(c1ccccc1)c1ccc2cccnc2c1O.CCCC(=O)NC(c1ccccc1Cl)c1ccc2cccnc2c1O. The Kier molecular flexibility index (Phi) is 13.9. The highest BCUT2D eigenvalue weighted by molar-refractivity contribution is 6.31. The summed E-state index contributed by atoms with van der Waals surface area (Å²) in [4.78, 5) is 33.0. The van der Waals surface area contributed by atoms with Gasteiger partial charge in [-0.1, -0.05) is 131 Å². The third-order valence-corrected chi connectivity index (χ3v) is 8.47. The topological polar surface area (TPSA) is 124 Å². The number of pyridine rings is 2. The van der Waals surface area contributed by atoms with Crippen LogP contribution in [0.25, 0.3) is 21.8 Å². The molecule has 8 nitrogen and oxygen atoms in total. The zero-order valence-corrected chi connectivity index (χ0v) is 30.4. The summed E-state index contributed by atoms with van der Waals surface area (Å²) in [7, 11) is 0. The molecular formula is C42H45ClN4O4. The number of hydrogen-bond acceptors (Lipinski definition) is 6. The van der Waals surface area contributed by atoms with Crippen molar-refractivity contribution < 1.29 is 19.8 Å². The molecule has 0 saturated heterocycles. The van der Waals surface area contributed by atoms with Gasteiger partial charge in [0.15, 0.2) is 0 Å². The van der Waals surface area contributed by atoms with E-state index >= 15 is 0 Å². The molecule has 0 aliphatic carbocycles. The fourth-order valence-corrected chi connectivity index (χ4v) is 5.79. The highest BCUT2D eigenvalue weighted by Crippen LogP contribution is 2.37. The Labute approximate surface area is 304 Å². The summed E-state index contributed by atoms with van der Waals surface area (Å²) in [6.07, 6.45) is 4.43. The summed E-state index contributed by atoms with van der Waals surface area (Å²) < 4.78 is 0. The molecule has 2 atom stereocenters. The van der Waals surface area contributed by atoms with Crippen molar-refractivity contribution in [2.24, 2.45) is 5.92 Å². The lowest BCUT2D eigenvalue weighted by atomic mass is 9.95. The number of carbonyl (C=O) groups is 2. The maximum atomic E-state index is 12.3. The van der Waals surface area contributed by atoms with Crippen LogP contribution >= 0.6 is 11.6 Å². The summed E-state index contributed by atoms with van der Waals surface area (Å²) in [6.45, 7) is 9.64. The van der Waals surface area contributed by atoms with Gasteiger partial charge in [-0.05, 0) is 35.7 Å². The Hall–Kier alpha value is -5.47. The van der Waals surface area contributed by atoms with E-state index in [1.54, 1.807) is 24.5 Å².